The Hall–Kier alpha value is -2.67. The molecular weight excluding hydrogens is 396 g/mol. The number of halogens is 1. The van der Waals surface area contributed by atoms with Gasteiger partial charge in [0.25, 0.3) is 11.8 Å². The normalized spacial score (nSPS) is 27.4. The van der Waals surface area contributed by atoms with E-state index < -0.39 is 5.97 Å². The Balaban J connectivity index is 1.50. The van der Waals surface area contributed by atoms with Crippen LogP contribution in [0, 0.1) is 23.7 Å². The molecule has 2 fully saturated rings. The van der Waals surface area contributed by atoms with E-state index in [9.17, 15) is 14.4 Å². The maximum Gasteiger partial charge on any atom is 0.344 e. The molecule has 2 amide bonds. The van der Waals surface area contributed by atoms with Gasteiger partial charge in [0.05, 0.1) is 24.2 Å². The first-order valence-electron chi connectivity index (χ1n) is 9.57. The molecule has 1 aliphatic heterocycles. The molecule has 7 nitrogen and oxygen atoms in total. The molecular formula is C21H21ClN2O5. The third-order valence-corrected chi connectivity index (χ3v) is 5.68. The first-order chi connectivity index (χ1) is 13.8. The van der Waals surface area contributed by atoms with Crippen molar-refractivity contribution in [2.75, 3.05) is 6.61 Å². The van der Waals surface area contributed by atoms with Crippen molar-refractivity contribution in [3.05, 3.63) is 40.9 Å². The molecule has 1 aromatic carbocycles. The average molecular weight is 417 g/mol. The van der Waals surface area contributed by atoms with E-state index in [0.29, 0.717) is 16.3 Å². The standard InChI is InChI=1S/C21H21ClN2O5/c1-11(2)29-17(25)10-28-16-6-5-15(22)8-14(16)9-23-24-20(26)18-12-3-4-13(7-12)19(18)21(24)27/h3-6,8-9,11-13,18-19H,7,10H2,1-2H3. The lowest BCUT2D eigenvalue weighted by molar-refractivity contribution is -0.149. The molecule has 1 aromatic rings. The van der Waals surface area contributed by atoms with E-state index in [1.807, 2.05) is 12.2 Å². The number of ether oxygens (including phenoxy) is 2. The van der Waals surface area contributed by atoms with Crippen molar-refractivity contribution in [3.8, 4) is 5.75 Å². The third kappa shape index (κ3) is 3.67. The fourth-order valence-electron chi connectivity index (χ4n) is 4.31. The van der Waals surface area contributed by atoms with Gasteiger partial charge >= 0.3 is 5.97 Å². The highest BCUT2D eigenvalue weighted by molar-refractivity contribution is 6.31. The second-order valence-electron chi connectivity index (χ2n) is 7.74. The number of rotatable bonds is 6. The van der Waals surface area contributed by atoms with Crippen molar-refractivity contribution < 1.29 is 23.9 Å². The van der Waals surface area contributed by atoms with Crippen LogP contribution in [-0.4, -0.2) is 41.7 Å². The van der Waals surface area contributed by atoms with Crippen LogP contribution in [0.5, 0.6) is 5.75 Å². The summed E-state index contributed by atoms with van der Waals surface area (Å²) in [6, 6.07) is 4.80. The number of esters is 1. The molecule has 4 rings (SSSR count). The van der Waals surface area contributed by atoms with Crippen molar-refractivity contribution in [1.82, 2.24) is 5.01 Å². The van der Waals surface area contributed by atoms with Gasteiger partial charge in [0.2, 0.25) is 0 Å². The van der Waals surface area contributed by atoms with Crippen LogP contribution in [0.1, 0.15) is 25.8 Å². The molecule has 152 valence electrons. The van der Waals surface area contributed by atoms with E-state index in [1.165, 1.54) is 6.21 Å². The fraction of sp³-hybridized carbons (Fsp3) is 0.429. The van der Waals surface area contributed by atoms with Crippen molar-refractivity contribution in [2.24, 2.45) is 28.8 Å². The molecule has 1 saturated heterocycles. The SMILES string of the molecule is CC(C)OC(=O)COc1ccc(Cl)cc1C=NN1C(=O)C2C3C=CC(C3)C2C1=O. The number of hydrazone groups is 1. The van der Waals surface area contributed by atoms with Gasteiger partial charge in [-0.2, -0.15) is 10.1 Å². The zero-order chi connectivity index (χ0) is 20.7. The van der Waals surface area contributed by atoms with Crippen molar-refractivity contribution in [3.63, 3.8) is 0 Å². The summed E-state index contributed by atoms with van der Waals surface area (Å²) in [4.78, 5) is 37.2. The smallest absolute Gasteiger partial charge is 0.344 e. The van der Waals surface area contributed by atoms with Crippen LogP contribution in [0.3, 0.4) is 0 Å². The summed E-state index contributed by atoms with van der Waals surface area (Å²) in [5.41, 5.74) is 0.452. The number of nitrogens with zero attached hydrogens (tertiary/aromatic N) is 2. The zero-order valence-electron chi connectivity index (χ0n) is 16.1. The number of carbonyl (C=O) groups is 3. The first-order valence-corrected chi connectivity index (χ1v) is 9.95. The van der Waals surface area contributed by atoms with Crippen molar-refractivity contribution in [2.45, 2.75) is 26.4 Å². The molecule has 0 aromatic heterocycles. The van der Waals surface area contributed by atoms with Crippen LogP contribution in [0.25, 0.3) is 0 Å². The molecule has 3 aliphatic rings. The monoisotopic (exact) mass is 416 g/mol. The summed E-state index contributed by atoms with van der Waals surface area (Å²) in [5, 5.41) is 5.53. The second-order valence-corrected chi connectivity index (χ2v) is 8.18. The molecule has 1 heterocycles. The van der Waals surface area contributed by atoms with E-state index in [1.54, 1.807) is 32.0 Å². The molecule has 2 aliphatic carbocycles. The Morgan fingerprint density at radius 2 is 1.90 bits per heavy atom. The molecule has 4 atom stereocenters. The number of allylic oxidation sites excluding steroid dienone is 2. The molecule has 2 bridgehead atoms. The Morgan fingerprint density at radius 3 is 2.52 bits per heavy atom. The number of benzene rings is 1. The fourth-order valence-corrected chi connectivity index (χ4v) is 4.49. The van der Waals surface area contributed by atoms with E-state index in [4.69, 9.17) is 21.1 Å². The molecule has 0 N–H and O–H groups in total. The van der Waals surface area contributed by atoms with Crippen LogP contribution in [-0.2, 0) is 19.1 Å². The average Bonchev–Trinajstić information content (AvgIpc) is 3.33. The summed E-state index contributed by atoms with van der Waals surface area (Å²) in [5.74, 6) is -1.06. The van der Waals surface area contributed by atoms with Crippen LogP contribution in [0.15, 0.2) is 35.5 Å². The summed E-state index contributed by atoms with van der Waals surface area (Å²) in [7, 11) is 0. The Morgan fingerprint density at radius 1 is 1.24 bits per heavy atom. The van der Waals surface area contributed by atoms with Crippen molar-refractivity contribution in [1.29, 1.82) is 0 Å². The van der Waals surface area contributed by atoms with Gasteiger partial charge in [0.1, 0.15) is 5.75 Å². The molecule has 0 spiro atoms. The molecule has 8 heteroatoms. The quantitative estimate of drug-likeness (QED) is 0.308. The number of hydrogen-bond donors (Lipinski definition) is 0. The highest BCUT2D eigenvalue weighted by Gasteiger charge is 2.59. The molecule has 0 radical (unpaired) electrons. The minimum Gasteiger partial charge on any atom is -0.481 e. The summed E-state index contributed by atoms with van der Waals surface area (Å²) in [6.07, 6.45) is 6.05. The number of amides is 2. The molecule has 29 heavy (non-hydrogen) atoms. The predicted octanol–water partition coefficient (Wildman–Crippen LogP) is 2.81. The summed E-state index contributed by atoms with van der Waals surface area (Å²) in [6.45, 7) is 3.22. The van der Waals surface area contributed by atoms with E-state index in [-0.39, 0.29) is 48.2 Å². The molecule has 1 saturated carbocycles. The predicted molar refractivity (Wildman–Crippen MR) is 105 cm³/mol. The van der Waals surface area contributed by atoms with Crippen LogP contribution < -0.4 is 4.74 Å². The van der Waals surface area contributed by atoms with E-state index in [0.717, 1.165) is 11.4 Å². The lowest BCUT2D eigenvalue weighted by Gasteiger charge is -2.13. The van der Waals surface area contributed by atoms with Gasteiger partial charge in [-0.15, -0.1) is 0 Å². The highest BCUT2D eigenvalue weighted by atomic mass is 35.5. The van der Waals surface area contributed by atoms with Crippen LogP contribution >= 0.6 is 11.6 Å². The Labute approximate surface area is 173 Å². The van der Waals surface area contributed by atoms with Crippen LogP contribution in [0.2, 0.25) is 5.02 Å². The first kappa shape index (κ1) is 19.6. The lowest BCUT2D eigenvalue weighted by Crippen LogP contribution is -2.28. The highest BCUT2D eigenvalue weighted by Crippen LogP contribution is 2.52. The largest absolute Gasteiger partial charge is 0.481 e. The van der Waals surface area contributed by atoms with Gasteiger partial charge in [-0.3, -0.25) is 9.59 Å². The lowest BCUT2D eigenvalue weighted by atomic mass is 9.85. The maximum atomic E-state index is 12.7. The van der Waals surface area contributed by atoms with Gasteiger partial charge in [0.15, 0.2) is 6.61 Å². The second kappa shape index (κ2) is 7.63. The summed E-state index contributed by atoms with van der Waals surface area (Å²) < 4.78 is 10.6. The van der Waals surface area contributed by atoms with E-state index >= 15 is 0 Å². The van der Waals surface area contributed by atoms with Crippen molar-refractivity contribution >= 4 is 35.6 Å². The third-order valence-electron chi connectivity index (χ3n) is 5.44. The molecule has 4 unspecified atom stereocenters. The van der Waals surface area contributed by atoms with Gasteiger partial charge in [-0.05, 0) is 50.3 Å². The van der Waals surface area contributed by atoms with Gasteiger partial charge < -0.3 is 9.47 Å². The number of imide groups is 1. The topological polar surface area (TPSA) is 85.3 Å². The van der Waals surface area contributed by atoms with Gasteiger partial charge in [-0.25, -0.2) is 4.79 Å². The minimum absolute atomic E-state index is 0.124. The number of fused-ring (bicyclic) bond motifs is 5. The maximum absolute atomic E-state index is 12.7. The Bertz CT molecular complexity index is 896. The van der Waals surface area contributed by atoms with Crippen LogP contribution in [0.4, 0.5) is 0 Å². The number of carbonyl (C=O) groups excluding carboxylic acids is 3. The summed E-state index contributed by atoms with van der Waals surface area (Å²) >= 11 is 6.06. The van der Waals surface area contributed by atoms with Gasteiger partial charge in [0, 0.05) is 10.6 Å². The van der Waals surface area contributed by atoms with Gasteiger partial charge in [-0.1, -0.05) is 23.8 Å². The zero-order valence-corrected chi connectivity index (χ0v) is 16.8. The number of hydrogen-bond acceptors (Lipinski definition) is 6. The Kier molecular flexibility index (Phi) is 5.17. The minimum atomic E-state index is -0.501. The van der Waals surface area contributed by atoms with E-state index in [2.05, 4.69) is 5.10 Å².